The van der Waals surface area contributed by atoms with Crippen molar-refractivity contribution < 1.29 is 30.0 Å². The molecule has 0 aromatic heterocycles. The highest BCUT2D eigenvalue weighted by atomic mass is 16.4. The molecule has 0 aromatic carbocycles. The zero-order valence-electron chi connectivity index (χ0n) is 8.25. The third kappa shape index (κ3) is 15.3. The molecule has 0 aliphatic carbocycles. The fraction of sp³-hybridized carbons (Fsp3) is 0.500. The van der Waals surface area contributed by atoms with E-state index in [2.05, 4.69) is 0 Å². The van der Waals surface area contributed by atoms with Gasteiger partial charge in [0.05, 0.1) is 18.8 Å². The van der Waals surface area contributed by atoms with Crippen LogP contribution in [0.15, 0.2) is 12.2 Å². The van der Waals surface area contributed by atoms with Gasteiger partial charge in [-0.15, -0.1) is 0 Å². The lowest BCUT2D eigenvalue weighted by molar-refractivity contribution is -0.134. The first-order valence-electron chi connectivity index (χ1n) is 3.89. The van der Waals surface area contributed by atoms with Gasteiger partial charge in [0.25, 0.3) is 0 Å². The largest absolute Gasteiger partial charge is 0.478 e. The SMILES string of the molecule is CC(N)(CO)CO.O=C(O)/C=C/C(=O)O. The fourth-order valence-corrected chi connectivity index (χ4v) is 0.193. The van der Waals surface area contributed by atoms with Crippen molar-refractivity contribution in [3.63, 3.8) is 0 Å². The molecule has 0 saturated heterocycles. The van der Waals surface area contributed by atoms with E-state index in [1.54, 1.807) is 6.92 Å². The predicted molar refractivity (Wildman–Crippen MR) is 51.2 cm³/mol. The Morgan fingerprint density at radius 2 is 1.40 bits per heavy atom. The summed E-state index contributed by atoms with van der Waals surface area (Å²) < 4.78 is 0. The van der Waals surface area contributed by atoms with Crippen molar-refractivity contribution in [2.75, 3.05) is 13.2 Å². The molecule has 88 valence electrons. The minimum Gasteiger partial charge on any atom is -0.478 e. The second-order valence-electron chi connectivity index (χ2n) is 2.98. The molecule has 7 heteroatoms. The normalized spacial score (nSPS) is 10.7. The number of carboxylic acids is 2. The standard InChI is InChI=1S/C4H11NO2.C4H4O4/c1-4(5,2-6)3-7;5-3(6)1-2-4(7)8/h6-7H,2-3,5H2,1H3;1-2H,(H,5,6)(H,7,8)/b;2-1+. The minimum absolute atomic E-state index is 0.177. The lowest BCUT2D eigenvalue weighted by Gasteiger charge is -2.16. The van der Waals surface area contributed by atoms with Crippen molar-refractivity contribution in [3.05, 3.63) is 12.2 Å². The molecule has 0 atom stereocenters. The van der Waals surface area contributed by atoms with Crippen LogP contribution in [0.5, 0.6) is 0 Å². The molecule has 0 rings (SSSR count). The number of aliphatic hydroxyl groups is 2. The first kappa shape index (κ1) is 16.0. The Bertz CT molecular complexity index is 213. The number of aliphatic carboxylic acids is 2. The summed E-state index contributed by atoms with van der Waals surface area (Å²) in [5, 5.41) is 32.2. The smallest absolute Gasteiger partial charge is 0.328 e. The maximum absolute atomic E-state index is 9.55. The third-order valence-electron chi connectivity index (χ3n) is 1.09. The highest BCUT2D eigenvalue weighted by Crippen LogP contribution is 1.91. The van der Waals surface area contributed by atoms with Gasteiger partial charge in [-0.05, 0) is 6.92 Å². The Balaban J connectivity index is 0. The van der Waals surface area contributed by atoms with E-state index in [1.807, 2.05) is 0 Å². The molecule has 0 heterocycles. The number of rotatable bonds is 4. The van der Waals surface area contributed by atoms with Crippen LogP contribution >= 0.6 is 0 Å². The highest BCUT2D eigenvalue weighted by molar-refractivity contribution is 5.89. The summed E-state index contributed by atoms with van der Waals surface area (Å²) in [7, 11) is 0. The first-order valence-corrected chi connectivity index (χ1v) is 3.89. The highest BCUT2D eigenvalue weighted by Gasteiger charge is 2.13. The third-order valence-corrected chi connectivity index (χ3v) is 1.09. The molecule has 0 aliphatic rings. The summed E-state index contributed by atoms with van der Waals surface area (Å²) in [6, 6.07) is 0. The molecule has 7 nitrogen and oxygen atoms in total. The average Bonchev–Trinajstić information content (AvgIpc) is 2.16. The van der Waals surface area contributed by atoms with Crippen LogP contribution in [0.25, 0.3) is 0 Å². The monoisotopic (exact) mass is 221 g/mol. The van der Waals surface area contributed by atoms with E-state index in [4.69, 9.17) is 26.2 Å². The predicted octanol–water partition coefficient (Wildman–Crippen LogP) is -1.60. The van der Waals surface area contributed by atoms with Gasteiger partial charge in [-0.3, -0.25) is 0 Å². The Morgan fingerprint density at radius 3 is 1.47 bits per heavy atom. The van der Waals surface area contributed by atoms with Crippen LogP contribution in [0.3, 0.4) is 0 Å². The number of nitrogens with two attached hydrogens (primary N) is 1. The van der Waals surface area contributed by atoms with Crippen LogP contribution in [-0.4, -0.2) is 51.1 Å². The molecule has 0 fully saturated rings. The maximum Gasteiger partial charge on any atom is 0.328 e. The minimum atomic E-state index is -1.26. The number of carboxylic acid groups (broad SMARTS) is 2. The lowest BCUT2D eigenvalue weighted by Crippen LogP contribution is -2.43. The molecular weight excluding hydrogens is 206 g/mol. The van der Waals surface area contributed by atoms with E-state index in [0.717, 1.165) is 0 Å². The zero-order chi connectivity index (χ0) is 12.5. The molecule has 0 aromatic rings. The second-order valence-corrected chi connectivity index (χ2v) is 2.98. The van der Waals surface area contributed by atoms with Crippen molar-refractivity contribution in [2.45, 2.75) is 12.5 Å². The van der Waals surface area contributed by atoms with Gasteiger partial charge >= 0.3 is 11.9 Å². The molecule has 0 unspecified atom stereocenters. The topological polar surface area (TPSA) is 141 Å². The summed E-state index contributed by atoms with van der Waals surface area (Å²) in [6.45, 7) is 1.22. The van der Waals surface area contributed by atoms with E-state index in [0.29, 0.717) is 12.2 Å². The molecule has 6 N–H and O–H groups in total. The number of hydrogen-bond donors (Lipinski definition) is 5. The molecule has 0 bridgehead atoms. The molecule has 0 saturated carbocycles. The van der Waals surface area contributed by atoms with Crippen molar-refractivity contribution in [3.8, 4) is 0 Å². The number of carbonyl (C=O) groups is 2. The molecule has 0 radical (unpaired) electrons. The van der Waals surface area contributed by atoms with Crippen LogP contribution in [0.2, 0.25) is 0 Å². The molecule has 15 heavy (non-hydrogen) atoms. The van der Waals surface area contributed by atoms with Crippen molar-refractivity contribution in [1.29, 1.82) is 0 Å². The van der Waals surface area contributed by atoms with Crippen LogP contribution in [0, 0.1) is 0 Å². The fourth-order valence-electron chi connectivity index (χ4n) is 0.193. The van der Waals surface area contributed by atoms with Crippen molar-refractivity contribution in [2.24, 2.45) is 5.73 Å². The summed E-state index contributed by atoms with van der Waals surface area (Å²) in [4.78, 5) is 19.1. The summed E-state index contributed by atoms with van der Waals surface area (Å²) in [6.07, 6.45) is 1.12. The van der Waals surface area contributed by atoms with Gasteiger partial charge in [0.1, 0.15) is 0 Å². The van der Waals surface area contributed by atoms with Crippen LogP contribution in [0.1, 0.15) is 6.92 Å². The van der Waals surface area contributed by atoms with Crippen LogP contribution in [-0.2, 0) is 9.59 Å². The van der Waals surface area contributed by atoms with Gasteiger partial charge in [0, 0.05) is 12.2 Å². The van der Waals surface area contributed by atoms with Crippen LogP contribution in [0.4, 0.5) is 0 Å². The van der Waals surface area contributed by atoms with Gasteiger partial charge in [-0.25, -0.2) is 9.59 Å². The quantitative estimate of drug-likeness (QED) is 0.360. The van der Waals surface area contributed by atoms with Gasteiger partial charge in [0.15, 0.2) is 0 Å². The van der Waals surface area contributed by atoms with Gasteiger partial charge in [-0.1, -0.05) is 0 Å². The zero-order valence-corrected chi connectivity index (χ0v) is 8.25. The second kappa shape index (κ2) is 7.92. The van der Waals surface area contributed by atoms with Crippen LogP contribution < -0.4 is 5.73 Å². The Labute approximate surface area is 86.4 Å². The van der Waals surface area contributed by atoms with E-state index in [9.17, 15) is 9.59 Å². The summed E-state index contributed by atoms with van der Waals surface area (Å²) in [5.41, 5.74) is 4.41. The Hall–Kier alpha value is -1.44. The number of hydrogen-bond acceptors (Lipinski definition) is 5. The average molecular weight is 221 g/mol. The van der Waals surface area contributed by atoms with Gasteiger partial charge in [0.2, 0.25) is 0 Å². The molecule has 0 spiro atoms. The van der Waals surface area contributed by atoms with E-state index in [1.165, 1.54) is 0 Å². The van der Waals surface area contributed by atoms with E-state index in [-0.39, 0.29) is 13.2 Å². The van der Waals surface area contributed by atoms with E-state index >= 15 is 0 Å². The van der Waals surface area contributed by atoms with Crippen molar-refractivity contribution >= 4 is 11.9 Å². The summed E-state index contributed by atoms with van der Waals surface area (Å²) >= 11 is 0. The molecule has 0 aliphatic heterocycles. The molecular formula is C8H15NO6. The Morgan fingerprint density at radius 1 is 1.13 bits per heavy atom. The summed E-state index contributed by atoms with van der Waals surface area (Å²) in [5.74, 6) is -2.51. The van der Waals surface area contributed by atoms with Gasteiger partial charge in [-0.2, -0.15) is 0 Å². The lowest BCUT2D eigenvalue weighted by atomic mass is 10.1. The Kier molecular flexibility index (Phi) is 8.45. The maximum atomic E-state index is 9.55. The molecule has 0 amide bonds. The van der Waals surface area contributed by atoms with E-state index < -0.39 is 17.5 Å². The first-order chi connectivity index (χ1) is 6.75. The number of aliphatic hydroxyl groups excluding tert-OH is 2. The van der Waals surface area contributed by atoms with Gasteiger partial charge < -0.3 is 26.2 Å². The van der Waals surface area contributed by atoms with Crippen molar-refractivity contribution in [1.82, 2.24) is 0 Å².